The third-order valence-electron chi connectivity index (χ3n) is 2.48. The SMILES string of the molecule is C=C(C)CO[C@@H](CS(=O)C(C)(C)C)C(C)(C)C. The van der Waals surface area contributed by atoms with Gasteiger partial charge >= 0.3 is 0 Å². The average molecular weight is 260 g/mol. The van der Waals surface area contributed by atoms with Crippen LogP contribution in [-0.2, 0) is 15.5 Å². The predicted molar refractivity (Wildman–Crippen MR) is 76.8 cm³/mol. The van der Waals surface area contributed by atoms with Gasteiger partial charge < -0.3 is 4.74 Å². The van der Waals surface area contributed by atoms with Crippen LogP contribution in [0.4, 0.5) is 0 Å². The summed E-state index contributed by atoms with van der Waals surface area (Å²) in [4.78, 5) is 0. The number of ether oxygens (including phenoxy) is 1. The van der Waals surface area contributed by atoms with E-state index in [0.29, 0.717) is 12.4 Å². The average Bonchev–Trinajstić information content (AvgIpc) is 2.07. The Bertz CT molecular complexity index is 282. The molecule has 0 saturated carbocycles. The first-order valence-electron chi connectivity index (χ1n) is 6.09. The molecule has 0 aromatic carbocycles. The maximum atomic E-state index is 12.2. The molecule has 0 radical (unpaired) electrons. The van der Waals surface area contributed by atoms with Gasteiger partial charge in [-0.05, 0) is 33.1 Å². The second kappa shape index (κ2) is 6.14. The minimum Gasteiger partial charge on any atom is -0.372 e. The smallest absolute Gasteiger partial charge is 0.0743 e. The van der Waals surface area contributed by atoms with Gasteiger partial charge in [-0.1, -0.05) is 32.9 Å². The van der Waals surface area contributed by atoms with Gasteiger partial charge in [0.15, 0.2) is 0 Å². The third kappa shape index (κ3) is 6.99. The van der Waals surface area contributed by atoms with Crippen LogP contribution in [0.15, 0.2) is 12.2 Å². The van der Waals surface area contributed by atoms with Crippen molar-refractivity contribution in [1.29, 1.82) is 0 Å². The molecular weight excluding hydrogens is 232 g/mol. The second-order valence-corrected chi connectivity index (χ2v) is 9.00. The highest BCUT2D eigenvalue weighted by Crippen LogP contribution is 2.26. The van der Waals surface area contributed by atoms with Crippen LogP contribution >= 0.6 is 0 Å². The van der Waals surface area contributed by atoms with Gasteiger partial charge in [0.1, 0.15) is 0 Å². The molecule has 1 unspecified atom stereocenters. The Hall–Kier alpha value is -0.150. The van der Waals surface area contributed by atoms with E-state index >= 15 is 0 Å². The molecule has 17 heavy (non-hydrogen) atoms. The van der Waals surface area contributed by atoms with Gasteiger partial charge in [0, 0.05) is 15.5 Å². The monoisotopic (exact) mass is 260 g/mol. The minimum absolute atomic E-state index is 0.000687. The van der Waals surface area contributed by atoms with E-state index in [-0.39, 0.29) is 16.3 Å². The zero-order valence-electron chi connectivity index (χ0n) is 12.4. The molecule has 2 atom stereocenters. The zero-order valence-corrected chi connectivity index (χ0v) is 13.2. The van der Waals surface area contributed by atoms with Crippen molar-refractivity contribution in [2.24, 2.45) is 5.41 Å². The van der Waals surface area contributed by atoms with Crippen molar-refractivity contribution in [3.63, 3.8) is 0 Å². The van der Waals surface area contributed by atoms with Crippen LogP contribution < -0.4 is 0 Å². The molecule has 0 saturated heterocycles. The Labute approximate surface area is 109 Å². The summed E-state index contributed by atoms with van der Waals surface area (Å²) >= 11 is 0. The summed E-state index contributed by atoms with van der Waals surface area (Å²) in [5.74, 6) is 0.584. The Morgan fingerprint density at radius 2 is 1.71 bits per heavy atom. The summed E-state index contributed by atoms with van der Waals surface area (Å²) in [6.45, 7) is 18.7. The van der Waals surface area contributed by atoms with E-state index in [1.165, 1.54) is 0 Å². The molecule has 0 rings (SSSR count). The summed E-state index contributed by atoms with van der Waals surface area (Å²) in [6, 6.07) is 0. The van der Waals surface area contributed by atoms with Crippen LogP contribution in [-0.4, -0.2) is 27.4 Å². The highest BCUT2D eigenvalue weighted by molar-refractivity contribution is 7.86. The molecule has 3 heteroatoms. The maximum Gasteiger partial charge on any atom is 0.0743 e. The van der Waals surface area contributed by atoms with Crippen LogP contribution in [0.5, 0.6) is 0 Å². The first-order chi connectivity index (χ1) is 7.44. The summed E-state index contributed by atoms with van der Waals surface area (Å²) < 4.78 is 17.8. The molecule has 0 bridgehead atoms. The standard InChI is InChI=1S/C14H28O2S/c1-11(2)9-16-12(13(3,4)5)10-17(15)14(6,7)8/h12H,1,9-10H2,2-8H3/t12-,17?/m0/s1. The largest absolute Gasteiger partial charge is 0.372 e. The Balaban J connectivity index is 4.62. The summed E-state index contributed by atoms with van der Waals surface area (Å²) in [6.07, 6.45) is -0.000687. The normalized spacial score (nSPS) is 16.6. The molecule has 0 spiro atoms. The Morgan fingerprint density at radius 1 is 1.24 bits per heavy atom. The van der Waals surface area contributed by atoms with Crippen molar-refractivity contribution >= 4 is 10.8 Å². The fraction of sp³-hybridized carbons (Fsp3) is 0.857. The summed E-state index contributed by atoms with van der Waals surface area (Å²) in [7, 11) is -0.883. The summed E-state index contributed by atoms with van der Waals surface area (Å²) in [5.41, 5.74) is 0.997. The van der Waals surface area contributed by atoms with Crippen molar-refractivity contribution in [1.82, 2.24) is 0 Å². The maximum absolute atomic E-state index is 12.2. The molecule has 0 aliphatic heterocycles. The van der Waals surface area contributed by atoms with Crippen LogP contribution in [0.3, 0.4) is 0 Å². The number of hydrogen-bond acceptors (Lipinski definition) is 2. The lowest BCUT2D eigenvalue weighted by molar-refractivity contribution is 0.0101. The number of hydrogen-bond donors (Lipinski definition) is 0. The van der Waals surface area contributed by atoms with E-state index in [2.05, 4.69) is 27.4 Å². The lowest BCUT2D eigenvalue weighted by Crippen LogP contribution is -2.39. The molecule has 0 heterocycles. The highest BCUT2D eigenvalue weighted by Gasteiger charge is 2.31. The van der Waals surface area contributed by atoms with Crippen molar-refractivity contribution in [3.8, 4) is 0 Å². The minimum atomic E-state index is -0.883. The van der Waals surface area contributed by atoms with Crippen molar-refractivity contribution in [2.75, 3.05) is 12.4 Å². The van der Waals surface area contributed by atoms with Crippen LogP contribution in [0, 0.1) is 5.41 Å². The Morgan fingerprint density at radius 3 is 2.00 bits per heavy atom. The van der Waals surface area contributed by atoms with Crippen molar-refractivity contribution < 1.29 is 8.95 Å². The van der Waals surface area contributed by atoms with Gasteiger partial charge in [-0.15, -0.1) is 0 Å². The van der Waals surface area contributed by atoms with E-state index in [4.69, 9.17) is 4.74 Å². The predicted octanol–water partition coefficient (Wildman–Crippen LogP) is 3.54. The Kier molecular flexibility index (Phi) is 6.09. The molecule has 0 aliphatic rings. The van der Waals surface area contributed by atoms with Crippen molar-refractivity contribution in [3.05, 3.63) is 12.2 Å². The van der Waals surface area contributed by atoms with Gasteiger partial charge in [0.2, 0.25) is 0 Å². The second-order valence-electron chi connectivity index (χ2n) is 6.75. The molecule has 102 valence electrons. The molecule has 0 aliphatic carbocycles. The molecule has 0 aromatic rings. The molecule has 2 nitrogen and oxygen atoms in total. The molecule has 0 N–H and O–H groups in total. The molecule has 0 aromatic heterocycles. The van der Waals surface area contributed by atoms with E-state index in [1.807, 2.05) is 27.7 Å². The molecular formula is C14H28O2S. The highest BCUT2D eigenvalue weighted by atomic mass is 32.2. The van der Waals surface area contributed by atoms with Gasteiger partial charge in [0.05, 0.1) is 18.5 Å². The zero-order chi connectivity index (χ0) is 13.9. The topological polar surface area (TPSA) is 26.3 Å². The van der Waals surface area contributed by atoms with Crippen LogP contribution in [0.2, 0.25) is 0 Å². The van der Waals surface area contributed by atoms with Gasteiger partial charge in [-0.3, -0.25) is 4.21 Å². The van der Waals surface area contributed by atoms with E-state index < -0.39 is 10.8 Å². The van der Waals surface area contributed by atoms with Crippen LogP contribution in [0.25, 0.3) is 0 Å². The van der Waals surface area contributed by atoms with Gasteiger partial charge in [-0.25, -0.2) is 0 Å². The lowest BCUT2D eigenvalue weighted by Gasteiger charge is -2.32. The fourth-order valence-corrected chi connectivity index (χ4v) is 2.55. The number of rotatable bonds is 5. The van der Waals surface area contributed by atoms with E-state index in [1.54, 1.807) is 0 Å². The quantitative estimate of drug-likeness (QED) is 0.707. The van der Waals surface area contributed by atoms with E-state index in [9.17, 15) is 4.21 Å². The fourth-order valence-electron chi connectivity index (χ4n) is 1.18. The lowest BCUT2D eigenvalue weighted by atomic mass is 9.90. The van der Waals surface area contributed by atoms with Gasteiger partial charge in [0.25, 0.3) is 0 Å². The molecule has 0 amide bonds. The first-order valence-corrected chi connectivity index (χ1v) is 7.41. The van der Waals surface area contributed by atoms with E-state index in [0.717, 1.165) is 5.57 Å². The third-order valence-corrected chi connectivity index (χ3v) is 4.45. The first kappa shape index (κ1) is 16.9. The summed E-state index contributed by atoms with van der Waals surface area (Å²) in [5, 5.41) is 0. The van der Waals surface area contributed by atoms with Crippen LogP contribution in [0.1, 0.15) is 48.5 Å². The van der Waals surface area contributed by atoms with Gasteiger partial charge in [-0.2, -0.15) is 0 Å². The van der Waals surface area contributed by atoms with Crippen molar-refractivity contribution in [2.45, 2.75) is 59.3 Å². The molecule has 0 fully saturated rings.